The Morgan fingerprint density at radius 3 is 3.19 bits per heavy atom. The van der Waals surface area contributed by atoms with Gasteiger partial charge >= 0.3 is 0 Å². The Morgan fingerprint density at radius 2 is 2.33 bits per heavy atom. The third-order valence-electron chi connectivity index (χ3n) is 6.06. The number of aliphatic hydroxyl groups excluding tert-OH is 1. The van der Waals surface area contributed by atoms with E-state index in [0.29, 0.717) is 12.0 Å². The van der Waals surface area contributed by atoms with Crippen LogP contribution < -0.4 is 4.74 Å². The summed E-state index contributed by atoms with van der Waals surface area (Å²) in [6.45, 7) is 1.05. The lowest BCUT2D eigenvalue weighted by Crippen LogP contribution is -2.64. The highest BCUT2D eigenvalue weighted by atomic mass is 32.1. The molecule has 1 spiro atoms. The number of ether oxygens (including phenoxy) is 1. The fourth-order valence-corrected chi connectivity index (χ4v) is 5.37. The summed E-state index contributed by atoms with van der Waals surface area (Å²) >= 11 is 4.56. The number of nitrogens with zero attached hydrogens (tertiary/aromatic N) is 1. The van der Waals surface area contributed by atoms with E-state index in [9.17, 15) is 5.11 Å². The van der Waals surface area contributed by atoms with Crippen LogP contribution in [0.1, 0.15) is 17.5 Å². The highest BCUT2D eigenvalue weighted by molar-refractivity contribution is 7.80. The molecule has 0 aromatic heterocycles. The van der Waals surface area contributed by atoms with Crippen LogP contribution in [0.15, 0.2) is 23.1 Å². The number of hydrogen-bond donors (Lipinski definition) is 2. The quantitative estimate of drug-likeness (QED) is 0.564. The minimum atomic E-state index is -0.531. The summed E-state index contributed by atoms with van der Waals surface area (Å²) in [5.41, 5.74) is 2.47. The monoisotopic (exact) mass is 300 g/mol. The van der Waals surface area contributed by atoms with E-state index in [4.69, 9.17) is 4.74 Å². The van der Waals surface area contributed by atoms with Gasteiger partial charge < -0.3 is 14.7 Å². The summed E-state index contributed by atoms with van der Waals surface area (Å²) in [6.07, 6.45) is 5.50. The summed E-state index contributed by atoms with van der Waals surface area (Å²) in [4.78, 5) is 3.30. The number of rotatable bonds is 0. The van der Waals surface area contributed by atoms with Crippen molar-refractivity contribution in [3.63, 3.8) is 0 Å². The van der Waals surface area contributed by atoms with Crippen LogP contribution in [0.2, 0.25) is 0 Å². The lowest BCUT2D eigenvalue weighted by Gasteiger charge is -2.56. The van der Waals surface area contributed by atoms with Crippen LogP contribution in [0, 0.1) is 12.0 Å². The van der Waals surface area contributed by atoms with E-state index in [2.05, 4.69) is 36.7 Å². The maximum atomic E-state index is 10.5. The first kappa shape index (κ1) is 12.6. The zero-order valence-electron chi connectivity index (χ0n) is 11.9. The number of hydrogen-bond acceptors (Lipinski definition) is 4. The van der Waals surface area contributed by atoms with Crippen LogP contribution >= 0.6 is 12.6 Å². The van der Waals surface area contributed by atoms with Gasteiger partial charge in [-0.25, -0.2) is 0 Å². The van der Waals surface area contributed by atoms with Crippen molar-refractivity contribution in [2.24, 2.45) is 5.92 Å². The number of piperidine rings is 1. The predicted molar refractivity (Wildman–Crippen MR) is 82.0 cm³/mol. The second kappa shape index (κ2) is 3.86. The van der Waals surface area contributed by atoms with Gasteiger partial charge in [0.05, 0.1) is 0 Å². The van der Waals surface area contributed by atoms with E-state index in [1.807, 2.05) is 12.1 Å². The van der Waals surface area contributed by atoms with Crippen molar-refractivity contribution in [3.05, 3.63) is 35.4 Å². The van der Waals surface area contributed by atoms with E-state index in [1.54, 1.807) is 0 Å². The van der Waals surface area contributed by atoms with Crippen molar-refractivity contribution in [1.29, 1.82) is 0 Å². The van der Waals surface area contributed by atoms with Crippen LogP contribution in [0.5, 0.6) is 5.75 Å². The molecule has 5 rings (SSSR count). The van der Waals surface area contributed by atoms with Crippen LogP contribution in [-0.2, 0) is 11.8 Å². The Hall–Kier alpha value is -0.970. The number of benzene rings is 1. The molecule has 3 nitrogen and oxygen atoms in total. The largest absolute Gasteiger partial charge is 0.485 e. The highest BCUT2D eigenvalue weighted by Gasteiger charge is 2.63. The minimum Gasteiger partial charge on any atom is -0.485 e. The fraction of sp³-hybridized carbons (Fsp3) is 0.529. The summed E-state index contributed by atoms with van der Waals surface area (Å²) < 4.78 is 6.24. The Bertz CT molecular complexity index is 673. The molecule has 0 amide bonds. The van der Waals surface area contributed by atoms with Gasteiger partial charge in [-0.05, 0) is 44.1 Å². The summed E-state index contributed by atoms with van der Waals surface area (Å²) in [5, 5.41) is 10.5. The molecule has 21 heavy (non-hydrogen) atoms. The second-order valence-electron chi connectivity index (χ2n) is 6.84. The molecule has 2 heterocycles. The van der Waals surface area contributed by atoms with Crippen molar-refractivity contribution >= 4 is 12.6 Å². The molecule has 1 aromatic carbocycles. The van der Waals surface area contributed by atoms with Crippen LogP contribution in [-0.4, -0.2) is 41.8 Å². The molecule has 5 atom stereocenters. The molecule has 1 aromatic rings. The van der Waals surface area contributed by atoms with Gasteiger partial charge in [0, 0.05) is 27.8 Å². The van der Waals surface area contributed by atoms with Gasteiger partial charge in [-0.2, -0.15) is 0 Å². The van der Waals surface area contributed by atoms with Crippen LogP contribution in [0.4, 0.5) is 0 Å². The number of aliphatic hydroxyl groups is 1. The van der Waals surface area contributed by atoms with Crippen LogP contribution in [0.25, 0.3) is 0 Å². The molecule has 0 saturated carbocycles. The van der Waals surface area contributed by atoms with E-state index >= 15 is 0 Å². The van der Waals surface area contributed by atoms with Gasteiger partial charge in [-0.15, -0.1) is 12.6 Å². The number of likely N-dealkylation sites (N-methyl/N-ethyl adjacent to an activating group) is 1. The Morgan fingerprint density at radius 1 is 1.48 bits per heavy atom. The van der Waals surface area contributed by atoms with Gasteiger partial charge in [0.1, 0.15) is 18.0 Å². The van der Waals surface area contributed by atoms with Crippen molar-refractivity contribution in [1.82, 2.24) is 4.90 Å². The van der Waals surface area contributed by atoms with Crippen molar-refractivity contribution < 1.29 is 9.84 Å². The topological polar surface area (TPSA) is 32.7 Å². The van der Waals surface area contributed by atoms with E-state index < -0.39 is 6.10 Å². The molecule has 109 valence electrons. The standard InChI is InChI=1S/C17H18NO2S/c1-18-7-6-17-10-3-4-12(19)16(17)20-15-13(21)5-2-9(14(15)17)8-11(10)18/h3-5,10-12,16,19,21H,6-8H2,1H3/t10-,11+,12-,16-,17-/m0/s1. The molecule has 1 fully saturated rings. The molecular formula is C17H18NO2S. The number of thiol groups is 1. The Labute approximate surface area is 130 Å². The molecule has 1 saturated heterocycles. The summed E-state index contributed by atoms with van der Waals surface area (Å²) in [7, 11) is 2.21. The zero-order valence-corrected chi connectivity index (χ0v) is 12.8. The average Bonchev–Trinajstić information content (AvgIpc) is 2.83. The van der Waals surface area contributed by atoms with Crippen molar-refractivity contribution in [2.75, 3.05) is 13.6 Å². The van der Waals surface area contributed by atoms with Gasteiger partial charge in [0.15, 0.2) is 0 Å². The maximum Gasteiger partial charge on any atom is 0.139 e. The maximum absolute atomic E-state index is 10.5. The predicted octanol–water partition coefficient (Wildman–Crippen LogP) is 1.58. The highest BCUT2D eigenvalue weighted by Crippen LogP contribution is 2.61. The first-order chi connectivity index (χ1) is 10.1. The molecule has 2 aliphatic heterocycles. The fourth-order valence-electron chi connectivity index (χ4n) is 5.14. The van der Waals surface area contributed by atoms with Gasteiger partial charge in [0.2, 0.25) is 0 Å². The summed E-state index contributed by atoms with van der Waals surface area (Å²) in [5.74, 6) is 1.31. The third-order valence-corrected chi connectivity index (χ3v) is 6.39. The third kappa shape index (κ3) is 1.31. The van der Waals surface area contributed by atoms with Gasteiger partial charge in [0.25, 0.3) is 0 Å². The molecule has 1 radical (unpaired) electrons. The van der Waals surface area contributed by atoms with Gasteiger partial charge in [-0.1, -0.05) is 12.2 Å². The van der Waals surface area contributed by atoms with E-state index in [-0.39, 0.29) is 11.5 Å². The molecule has 2 aliphatic carbocycles. The molecular weight excluding hydrogens is 282 g/mol. The first-order valence-electron chi connectivity index (χ1n) is 7.63. The number of likely N-dealkylation sites (tertiary alicyclic amines) is 1. The average molecular weight is 300 g/mol. The molecule has 4 aliphatic rings. The Kier molecular flexibility index (Phi) is 2.31. The smallest absolute Gasteiger partial charge is 0.139 e. The molecule has 0 unspecified atom stereocenters. The molecule has 2 bridgehead atoms. The lowest BCUT2D eigenvalue weighted by atomic mass is 9.53. The molecule has 4 heteroatoms. The molecule has 1 N–H and O–H groups in total. The van der Waals surface area contributed by atoms with Gasteiger partial charge in [-0.3, -0.25) is 0 Å². The lowest BCUT2D eigenvalue weighted by molar-refractivity contribution is -0.0454. The SMILES string of the molecule is CN1CC[C@]23c4c5[c]cc(S)c4O[C@H]2[C@@H](O)C=C[C@H]3[C@H]1C5. The second-order valence-corrected chi connectivity index (χ2v) is 7.32. The van der Waals surface area contributed by atoms with E-state index in [1.165, 1.54) is 11.1 Å². The normalized spacial score (nSPS) is 42.6. The Balaban J connectivity index is 1.84. The van der Waals surface area contributed by atoms with Crippen molar-refractivity contribution in [3.8, 4) is 5.75 Å². The summed E-state index contributed by atoms with van der Waals surface area (Å²) in [6, 6.07) is 5.83. The van der Waals surface area contributed by atoms with Crippen LogP contribution in [0.3, 0.4) is 0 Å². The van der Waals surface area contributed by atoms with E-state index in [0.717, 1.165) is 30.0 Å². The zero-order chi connectivity index (χ0) is 14.4. The minimum absolute atomic E-state index is 0.0799. The first-order valence-corrected chi connectivity index (χ1v) is 8.08. The van der Waals surface area contributed by atoms with Crippen molar-refractivity contribution in [2.45, 2.75) is 41.4 Å².